The van der Waals surface area contributed by atoms with E-state index < -0.39 is 0 Å². The van der Waals surface area contributed by atoms with Crippen LogP contribution in [0.4, 0.5) is 0 Å². The van der Waals surface area contributed by atoms with E-state index in [1.807, 2.05) is 7.11 Å². The summed E-state index contributed by atoms with van der Waals surface area (Å²) in [5.74, 6) is 1.07. The van der Waals surface area contributed by atoms with Gasteiger partial charge in [-0.2, -0.15) is 0 Å². The van der Waals surface area contributed by atoms with E-state index in [9.17, 15) is 0 Å². The first-order valence-electron chi connectivity index (χ1n) is 5.98. The molecule has 0 spiro atoms. The highest BCUT2D eigenvalue weighted by Crippen LogP contribution is 2.35. The molecule has 92 valence electrons. The Morgan fingerprint density at radius 2 is 1.40 bits per heavy atom. The first-order valence-corrected chi connectivity index (χ1v) is 5.98. The van der Waals surface area contributed by atoms with Crippen molar-refractivity contribution in [2.24, 2.45) is 11.8 Å². The third-order valence-electron chi connectivity index (χ3n) is 3.68. The van der Waals surface area contributed by atoms with Crippen LogP contribution in [0.2, 0.25) is 0 Å². The molecule has 2 heteroatoms. The Balaban J connectivity index is 4.49. The van der Waals surface area contributed by atoms with Crippen LogP contribution in [0, 0.1) is 11.8 Å². The third-order valence-corrected chi connectivity index (χ3v) is 3.68. The van der Waals surface area contributed by atoms with E-state index in [2.05, 4.69) is 34.6 Å². The SMILES string of the molecule is COC(C)CCC(OC)(C(C)C)C(C)C. The van der Waals surface area contributed by atoms with Crippen LogP contribution in [0.15, 0.2) is 0 Å². The highest BCUT2D eigenvalue weighted by molar-refractivity contribution is 4.87. The molecule has 0 aromatic rings. The molecule has 0 saturated heterocycles. The first kappa shape index (κ1) is 14.9. The van der Waals surface area contributed by atoms with Gasteiger partial charge in [0.05, 0.1) is 11.7 Å². The lowest BCUT2D eigenvalue weighted by molar-refractivity contribution is -0.0960. The minimum Gasteiger partial charge on any atom is -0.382 e. The highest BCUT2D eigenvalue weighted by atomic mass is 16.5. The zero-order valence-corrected chi connectivity index (χ0v) is 11.5. The molecule has 15 heavy (non-hydrogen) atoms. The van der Waals surface area contributed by atoms with Crippen LogP contribution in [0.5, 0.6) is 0 Å². The molecule has 0 aromatic carbocycles. The summed E-state index contributed by atoms with van der Waals surface area (Å²) in [7, 11) is 3.60. The van der Waals surface area contributed by atoms with Crippen LogP contribution >= 0.6 is 0 Å². The molecule has 0 aromatic heterocycles. The summed E-state index contributed by atoms with van der Waals surface area (Å²) in [4.78, 5) is 0. The van der Waals surface area contributed by atoms with Gasteiger partial charge in [-0.05, 0) is 31.6 Å². The monoisotopic (exact) mass is 216 g/mol. The number of rotatable bonds is 7. The van der Waals surface area contributed by atoms with Crippen molar-refractivity contribution in [3.05, 3.63) is 0 Å². The lowest BCUT2D eigenvalue weighted by atomic mass is 9.76. The van der Waals surface area contributed by atoms with Gasteiger partial charge in [0, 0.05) is 14.2 Å². The number of ether oxygens (including phenoxy) is 2. The molecule has 0 aliphatic carbocycles. The Labute approximate surface area is 95.3 Å². The average molecular weight is 216 g/mol. The predicted molar refractivity (Wildman–Crippen MR) is 65.1 cm³/mol. The Hall–Kier alpha value is -0.0800. The molecule has 0 N–H and O–H groups in total. The molecule has 0 rings (SSSR count). The fourth-order valence-corrected chi connectivity index (χ4v) is 2.36. The normalized spacial score (nSPS) is 15.0. The van der Waals surface area contributed by atoms with Crippen LogP contribution in [0.1, 0.15) is 47.5 Å². The van der Waals surface area contributed by atoms with Gasteiger partial charge in [-0.25, -0.2) is 0 Å². The molecule has 1 atom stereocenters. The fourth-order valence-electron chi connectivity index (χ4n) is 2.36. The smallest absolute Gasteiger partial charge is 0.0725 e. The molecule has 2 nitrogen and oxygen atoms in total. The summed E-state index contributed by atoms with van der Waals surface area (Å²) in [6.07, 6.45) is 2.44. The van der Waals surface area contributed by atoms with Gasteiger partial charge in [0.2, 0.25) is 0 Å². The highest BCUT2D eigenvalue weighted by Gasteiger charge is 2.36. The van der Waals surface area contributed by atoms with Crippen LogP contribution in [-0.4, -0.2) is 25.9 Å². The minimum atomic E-state index is -0.00715. The Bertz CT molecular complexity index is 156. The lowest BCUT2D eigenvalue weighted by Crippen LogP contribution is -2.43. The van der Waals surface area contributed by atoms with E-state index >= 15 is 0 Å². The zero-order chi connectivity index (χ0) is 12.1. The van der Waals surface area contributed by atoms with E-state index in [0.717, 1.165) is 12.8 Å². The molecule has 0 aliphatic rings. The Morgan fingerprint density at radius 1 is 0.933 bits per heavy atom. The second-order valence-electron chi connectivity index (χ2n) is 5.05. The van der Waals surface area contributed by atoms with Crippen molar-refractivity contribution < 1.29 is 9.47 Å². The summed E-state index contributed by atoms with van der Waals surface area (Å²) in [5, 5.41) is 0. The van der Waals surface area contributed by atoms with Crippen molar-refractivity contribution in [2.75, 3.05) is 14.2 Å². The standard InChI is InChI=1S/C13H28O2/c1-10(2)13(15-7,11(3)4)9-8-12(5)14-6/h10-12H,8-9H2,1-7H3. The Kier molecular flexibility index (Phi) is 6.46. The molecule has 0 heterocycles. The third kappa shape index (κ3) is 3.76. The van der Waals surface area contributed by atoms with Gasteiger partial charge in [0.15, 0.2) is 0 Å². The van der Waals surface area contributed by atoms with Crippen LogP contribution in [-0.2, 0) is 9.47 Å². The van der Waals surface area contributed by atoms with Gasteiger partial charge in [0.25, 0.3) is 0 Å². The second kappa shape index (κ2) is 6.49. The molecule has 0 saturated carbocycles. The maximum atomic E-state index is 5.80. The van der Waals surface area contributed by atoms with E-state index in [-0.39, 0.29) is 5.60 Å². The summed E-state index contributed by atoms with van der Waals surface area (Å²) >= 11 is 0. The quantitative estimate of drug-likeness (QED) is 0.648. The second-order valence-corrected chi connectivity index (χ2v) is 5.05. The predicted octanol–water partition coefficient (Wildman–Crippen LogP) is 3.50. The van der Waals surface area contributed by atoms with Crippen molar-refractivity contribution in [1.82, 2.24) is 0 Å². The summed E-state index contributed by atoms with van der Waals surface area (Å²) in [5.41, 5.74) is -0.00715. The molecular formula is C13H28O2. The van der Waals surface area contributed by atoms with Crippen LogP contribution in [0.3, 0.4) is 0 Å². The lowest BCUT2D eigenvalue weighted by Gasteiger charge is -2.40. The van der Waals surface area contributed by atoms with Crippen molar-refractivity contribution in [1.29, 1.82) is 0 Å². The average Bonchev–Trinajstić information content (AvgIpc) is 2.18. The largest absolute Gasteiger partial charge is 0.382 e. The minimum absolute atomic E-state index is 0.00715. The van der Waals surface area contributed by atoms with E-state index in [1.54, 1.807) is 7.11 Å². The molecule has 0 fully saturated rings. The van der Waals surface area contributed by atoms with Gasteiger partial charge in [-0.3, -0.25) is 0 Å². The number of hydrogen-bond donors (Lipinski definition) is 0. The summed E-state index contributed by atoms with van der Waals surface area (Å²) in [6, 6.07) is 0. The van der Waals surface area contributed by atoms with Crippen molar-refractivity contribution >= 4 is 0 Å². The van der Waals surface area contributed by atoms with Crippen LogP contribution < -0.4 is 0 Å². The van der Waals surface area contributed by atoms with E-state index in [0.29, 0.717) is 17.9 Å². The van der Waals surface area contributed by atoms with Gasteiger partial charge in [0.1, 0.15) is 0 Å². The molecule has 0 amide bonds. The topological polar surface area (TPSA) is 18.5 Å². The van der Waals surface area contributed by atoms with E-state index in [1.165, 1.54) is 0 Å². The summed E-state index contributed by atoms with van der Waals surface area (Å²) < 4.78 is 11.1. The van der Waals surface area contributed by atoms with Crippen molar-refractivity contribution in [3.8, 4) is 0 Å². The number of hydrogen-bond acceptors (Lipinski definition) is 2. The molecular weight excluding hydrogens is 188 g/mol. The molecule has 0 aliphatic heterocycles. The molecule has 1 unspecified atom stereocenters. The van der Waals surface area contributed by atoms with Crippen molar-refractivity contribution in [3.63, 3.8) is 0 Å². The molecule has 0 bridgehead atoms. The van der Waals surface area contributed by atoms with Gasteiger partial charge in [-0.1, -0.05) is 27.7 Å². The maximum Gasteiger partial charge on any atom is 0.0725 e. The van der Waals surface area contributed by atoms with E-state index in [4.69, 9.17) is 9.47 Å². The van der Waals surface area contributed by atoms with Crippen LogP contribution in [0.25, 0.3) is 0 Å². The zero-order valence-electron chi connectivity index (χ0n) is 11.5. The van der Waals surface area contributed by atoms with Gasteiger partial charge in [-0.15, -0.1) is 0 Å². The maximum absolute atomic E-state index is 5.80. The first-order chi connectivity index (χ1) is 6.90. The summed E-state index contributed by atoms with van der Waals surface area (Å²) in [6.45, 7) is 11.1. The molecule has 0 radical (unpaired) electrons. The van der Waals surface area contributed by atoms with Gasteiger partial charge < -0.3 is 9.47 Å². The van der Waals surface area contributed by atoms with Crippen molar-refractivity contribution in [2.45, 2.75) is 59.2 Å². The van der Waals surface area contributed by atoms with Gasteiger partial charge >= 0.3 is 0 Å². The fraction of sp³-hybridized carbons (Fsp3) is 1.00. The number of methoxy groups -OCH3 is 2. The Morgan fingerprint density at radius 3 is 1.67 bits per heavy atom.